The normalized spacial score (nSPS) is 24.7. The van der Waals surface area contributed by atoms with E-state index in [4.69, 9.17) is 11.6 Å². The lowest BCUT2D eigenvalue weighted by molar-refractivity contribution is -0.123. The minimum absolute atomic E-state index is 0.136. The minimum atomic E-state index is -0.867. The number of guanidine groups is 1. The van der Waals surface area contributed by atoms with Crippen LogP contribution in [0.3, 0.4) is 0 Å². The van der Waals surface area contributed by atoms with E-state index in [1.165, 1.54) is 0 Å². The van der Waals surface area contributed by atoms with Gasteiger partial charge in [-0.2, -0.15) is 0 Å². The van der Waals surface area contributed by atoms with Gasteiger partial charge in [-0.15, -0.1) is 0 Å². The maximum Gasteiger partial charge on any atom is 0.256 e. The molecule has 1 saturated heterocycles. The first kappa shape index (κ1) is 13.9. The van der Waals surface area contributed by atoms with Crippen LogP contribution >= 0.6 is 11.6 Å². The number of aliphatic imine (C=N–C) groups is 1. The molecule has 1 aromatic carbocycles. The van der Waals surface area contributed by atoms with Crippen molar-refractivity contribution in [3.63, 3.8) is 0 Å². The molecule has 0 saturated carbocycles. The zero-order valence-electron chi connectivity index (χ0n) is 11.3. The third-order valence-corrected chi connectivity index (χ3v) is 3.41. The van der Waals surface area contributed by atoms with Crippen LogP contribution in [0.4, 0.5) is 0 Å². The van der Waals surface area contributed by atoms with Gasteiger partial charge in [0, 0.05) is 17.1 Å². The molecule has 0 spiro atoms. The number of halogens is 1. The molecular weight excluding hydrogens is 262 g/mol. The third kappa shape index (κ3) is 2.73. The Labute approximate surface area is 118 Å². The van der Waals surface area contributed by atoms with E-state index in [-0.39, 0.29) is 5.91 Å². The van der Waals surface area contributed by atoms with Gasteiger partial charge in [0.05, 0.1) is 0 Å². The average molecular weight is 280 g/mol. The number of amides is 1. The van der Waals surface area contributed by atoms with Crippen LogP contribution < -0.4 is 10.6 Å². The fourth-order valence-electron chi connectivity index (χ4n) is 1.97. The third-order valence-electron chi connectivity index (χ3n) is 3.08. The predicted molar refractivity (Wildman–Crippen MR) is 77.2 cm³/mol. The molecule has 1 aliphatic heterocycles. The monoisotopic (exact) mass is 279 g/mol. The van der Waals surface area contributed by atoms with E-state index in [0.29, 0.717) is 23.4 Å². The second-order valence-electron chi connectivity index (χ2n) is 5.27. The smallest absolute Gasteiger partial charge is 0.256 e. The first-order valence-electron chi connectivity index (χ1n) is 6.32. The van der Waals surface area contributed by atoms with E-state index >= 15 is 0 Å². The van der Waals surface area contributed by atoms with Gasteiger partial charge in [0.15, 0.2) is 5.96 Å². The van der Waals surface area contributed by atoms with Crippen molar-refractivity contribution in [1.29, 1.82) is 0 Å². The van der Waals surface area contributed by atoms with E-state index in [0.717, 1.165) is 5.56 Å². The highest BCUT2D eigenvalue weighted by Gasteiger charge is 2.43. The molecule has 0 aromatic heterocycles. The van der Waals surface area contributed by atoms with Gasteiger partial charge in [-0.1, -0.05) is 43.6 Å². The number of nitrogens with one attached hydrogen (secondary N) is 2. The topological polar surface area (TPSA) is 53.5 Å². The van der Waals surface area contributed by atoms with Crippen LogP contribution in [0.25, 0.3) is 0 Å². The van der Waals surface area contributed by atoms with Crippen molar-refractivity contribution in [2.24, 2.45) is 10.9 Å². The number of nitrogens with zero attached hydrogens (tertiary/aromatic N) is 1. The summed E-state index contributed by atoms with van der Waals surface area (Å²) >= 11 is 6.17. The first-order chi connectivity index (χ1) is 8.93. The second kappa shape index (κ2) is 5.21. The second-order valence-corrected chi connectivity index (χ2v) is 5.67. The van der Waals surface area contributed by atoms with E-state index < -0.39 is 5.54 Å². The number of carbonyl (C=O) groups is 1. The molecule has 1 unspecified atom stereocenters. The molecule has 1 heterocycles. The summed E-state index contributed by atoms with van der Waals surface area (Å²) in [5.41, 5.74) is -0.113. The van der Waals surface area contributed by atoms with E-state index in [1.54, 1.807) is 13.0 Å². The quantitative estimate of drug-likeness (QED) is 0.892. The summed E-state index contributed by atoms with van der Waals surface area (Å²) in [4.78, 5) is 16.5. The number of hydrogen-bond acceptors (Lipinski definition) is 2. The summed E-state index contributed by atoms with van der Waals surface area (Å²) in [6.07, 6.45) is 0. The number of carbonyl (C=O) groups excluding carboxylic acids is 1. The average Bonchev–Trinajstić information content (AvgIpc) is 2.64. The summed E-state index contributed by atoms with van der Waals surface area (Å²) in [6.45, 7) is 6.63. The lowest BCUT2D eigenvalue weighted by atomic mass is 9.92. The van der Waals surface area contributed by atoms with Crippen molar-refractivity contribution in [3.8, 4) is 0 Å². The van der Waals surface area contributed by atoms with Crippen molar-refractivity contribution in [1.82, 2.24) is 10.6 Å². The zero-order chi connectivity index (χ0) is 14.0. The molecule has 2 N–H and O–H groups in total. The Bertz CT molecular complexity index is 527. The summed E-state index contributed by atoms with van der Waals surface area (Å²) in [7, 11) is 0. The predicted octanol–water partition coefficient (Wildman–Crippen LogP) is 2.29. The molecule has 1 amide bonds. The Hall–Kier alpha value is -1.55. The fourth-order valence-corrected chi connectivity index (χ4v) is 2.29. The van der Waals surface area contributed by atoms with Crippen LogP contribution in [0.2, 0.25) is 5.02 Å². The van der Waals surface area contributed by atoms with Crippen molar-refractivity contribution >= 4 is 23.5 Å². The molecule has 1 aliphatic rings. The summed E-state index contributed by atoms with van der Waals surface area (Å²) in [6, 6.07) is 7.33. The molecule has 2 rings (SSSR count). The lowest BCUT2D eigenvalue weighted by Crippen LogP contribution is -2.41. The van der Waals surface area contributed by atoms with E-state index in [1.807, 2.05) is 18.2 Å². The van der Waals surface area contributed by atoms with Crippen LogP contribution in [0.5, 0.6) is 0 Å². The highest BCUT2D eigenvalue weighted by Crippen LogP contribution is 2.30. The maximum atomic E-state index is 12.2. The van der Waals surface area contributed by atoms with Crippen LogP contribution in [0.15, 0.2) is 29.3 Å². The van der Waals surface area contributed by atoms with Gasteiger partial charge in [-0.3, -0.25) is 15.1 Å². The SMILES string of the molecule is CC(C)CN=C1NC(=O)C(C)(c2ccccc2Cl)N1. The lowest BCUT2D eigenvalue weighted by Gasteiger charge is -2.22. The van der Waals surface area contributed by atoms with Gasteiger partial charge in [-0.25, -0.2) is 0 Å². The Morgan fingerprint density at radius 3 is 2.68 bits per heavy atom. The maximum absolute atomic E-state index is 12.2. The van der Waals surface area contributed by atoms with Crippen molar-refractivity contribution in [2.75, 3.05) is 6.54 Å². The minimum Gasteiger partial charge on any atom is -0.338 e. The van der Waals surface area contributed by atoms with Crippen LogP contribution in [-0.4, -0.2) is 18.4 Å². The summed E-state index contributed by atoms with van der Waals surface area (Å²) in [5.74, 6) is 0.822. The van der Waals surface area contributed by atoms with Crippen LogP contribution in [-0.2, 0) is 10.3 Å². The molecular formula is C14H18ClN3O. The number of benzene rings is 1. The van der Waals surface area contributed by atoms with Gasteiger partial charge in [0.1, 0.15) is 5.54 Å². The molecule has 19 heavy (non-hydrogen) atoms. The highest BCUT2D eigenvalue weighted by atomic mass is 35.5. The highest BCUT2D eigenvalue weighted by molar-refractivity contribution is 6.32. The van der Waals surface area contributed by atoms with Gasteiger partial charge in [0.2, 0.25) is 0 Å². The van der Waals surface area contributed by atoms with Gasteiger partial charge < -0.3 is 5.32 Å². The summed E-state index contributed by atoms with van der Waals surface area (Å²) < 4.78 is 0. The first-order valence-corrected chi connectivity index (χ1v) is 6.70. The van der Waals surface area contributed by atoms with Gasteiger partial charge in [-0.05, 0) is 18.9 Å². The number of hydrogen-bond donors (Lipinski definition) is 2. The van der Waals surface area contributed by atoms with Crippen molar-refractivity contribution < 1.29 is 4.79 Å². The fraction of sp³-hybridized carbons (Fsp3) is 0.429. The zero-order valence-corrected chi connectivity index (χ0v) is 12.1. The largest absolute Gasteiger partial charge is 0.338 e. The molecule has 0 radical (unpaired) electrons. The molecule has 0 aliphatic carbocycles. The van der Waals surface area contributed by atoms with Gasteiger partial charge >= 0.3 is 0 Å². The molecule has 5 heteroatoms. The van der Waals surface area contributed by atoms with Crippen molar-refractivity contribution in [3.05, 3.63) is 34.9 Å². The molecule has 1 aromatic rings. The molecule has 1 atom stereocenters. The molecule has 0 bridgehead atoms. The molecule has 4 nitrogen and oxygen atoms in total. The number of rotatable bonds is 3. The van der Waals surface area contributed by atoms with E-state index in [2.05, 4.69) is 29.5 Å². The Morgan fingerprint density at radius 2 is 2.05 bits per heavy atom. The van der Waals surface area contributed by atoms with E-state index in [9.17, 15) is 4.79 Å². The van der Waals surface area contributed by atoms with Crippen LogP contribution in [0, 0.1) is 5.92 Å². The Kier molecular flexibility index (Phi) is 3.80. The Balaban J connectivity index is 2.28. The molecule has 102 valence electrons. The van der Waals surface area contributed by atoms with Gasteiger partial charge in [0.25, 0.3) is 5.91 Å². The molecule has 1 fully saturated rings. The van der Waals surface area contributed by atoms with Crippen LogP contribution in [0.1, 0.15) is 26.3 Å². The standard InChI is InChI=1S/C14H18ClN3O/c1-9(2)8-16-13-17-12(19)14(3,18-13)10-6-4-5-7-11(10)15/h4-7,9H,8H2,1-3H3,(H2,16,17,18,19). The summed E-state index contributed by atoms with van der Waals surface area (Å²) in [5, 5.41) is 6.47. The van der Waals surface area contributed by atoms with Crippen molar-refractivity contribution in [2.45, 2.75) is 26.3 Å². The Morgan fingerprint density at radius 1 is 1.37 bits per heavy atom.